The van der Waals surface area contributed by atoms with Gasteiger partial charge in [-0.2, -0.15) is 0 Å². The Morgan fingerprint density at radius 2 is 2.28 bits per heavy atom. The Labute approximate surface area is 109 Å². The van der Waals surface area contributed by atoms with Crippen molar-refractivity contribution < 1.29 is 4.79 Å². The first-order valence-electron chi connectivity index (χ1n) is 6.73. The fourth-order valence-electron chi connectivity index (χ4n) is 2.40. The van der Waals surface area contributed by atoms with Crippen molar-refractivity contribution >= 4 is 11.6 Å². The van der Waals surface area contributed by atoms with Gasteiger partial charge in [0.05, 0.1) is 0 Å². The molecule has 2 rings (SSSR count). The normalized spacial score (nSPS) is 18.9. The monoisotopic (exact) mass is 246 g/mol. The summed E-state index contributed by atoms with van der Waals surface area (Å²) in [5.74, 6) is 0.810. The molecule has 1 heterocycles. The lowest BCUT2D eigenvalue weighted by atomic mass is 10.0. The Hall–Kier alpha value is -1.35. The number of carbonyl (C=O) groups excluding carboxylic acids is 1. The van der Waals surface area contributed by atoms with Crippen LogP contribution in [0.4, 0.5) is 5.69 Å². The fraction of sp³-hybridized carbons (Fsp3) is 0.533. The first-order chi connectivity index (χ1) is 8.66. The predicted octanol–water partition coefficient (Wildman–Crippen LogP) is 2.63. The molecular weight excluding hydrogens is 224 g/mol. The van der Waals surface area contributed by atoms with Crippen LogP contribution < -0.4 is 10.6 Å². The quantitative estimate of drug-likeness (QED) is 0.857. The van der Waals surface area contributed by atoms with Gasteiger partial charge in [0.25, 0.3) is 0 Å². The van der Waals surface area contributed by atoms with Crippen LogP contribution in [-0.2, 0) is 4.79 Å². The number of nitrogens with one attached hydrogen (secondary N) is 2. The molecule has 1 aromatic rings. The van der Waals surface area contributed by atoms with Crippen LogP contribution in [0.3, 0.4) is 0 Å². The molecule has 0 saturated carbocycles. The van der Waals surface area contributed by atoms with E-state index in [2.05, 4.69) is 23.6 Å². The molecule has 0 aliphatic carbocycles. The zero-order valence-corrected chi connectivity index (χ0v) is 11.3. The smallest absolute Gasteiger partial charge is 0.224 e. The van der Waals surface area contributed by atoms with E-state index in [9.17, 15) is 4.79 Å². The lowest BCUT2D eigenvalue weighted by Gasteiger charge is -2.11. The third-order valence-electron chi connectivity index (χ3n) is 3.82. The summed E-state index contributed by atoms with van der Waals surface area (Å²) in [6.45, 7) is 6.28. The highest BCUT2D eigenvalue weighted by Gasteiger charge is 2.15. The second kappa shape index (κ2) is 6.01. The van der Waals surface area contributed by atoms with Gasteiger partial charge in [0.15, 0.2) is 0 Å². The number of rotatable bonds is 4. The second-order valence-corrected chi connectivity index (χ2v) is 5.19. The standard InChI is InChI=1S/C15H22N2O/c1-11-4-3-5-14(12(11)2)17-15(18)7-6-13-8-9-16-10-13/h3-5,13,16H,6-10H2,1-2H3,(H,17,18). The van der Waals surface area contributed by atoms with Gasteiger partial charge in [0.1, 0.15) is 0 Å². The van der Waals surface area contributed by atoms with E-state index in [4.69, 9.17) is 0 Å². The molecule has 0 radical (unpaired) electrons. The number of benzene rings is 1. The maximum Gasteiger partial charge on any atom is 0.224 e. The number of anilines is 1. The van der Waals surface area contributed by atoms with Gasteiger partial charge in [-0.3, -0.25) is 4.79 Å². The van der Waals surface area contributed by atoms with Crippen LogP contribution in [-0.4, -0.2) is 19.0 Å². The van der Waals surface area contributed by atoms with Gasteiger partial charge in [0.2, 0.25) is 5.91 Å². The molecule has 3 heteroatoms. The van der Waals surface area contributed by atoms with Gasteiger partial charge in [-0.1, -0.05) is 12.1 Å². The van der Waals surface area contributed by atoms with Crippen molar-refractivity contribution in [3.8, 4) is 0 Å². The van der Waals surface area contributed by atoms with E-state index in [1.807, 2.05) is 19.1 Å². The lowest BCUT2D eigenvalue weighted by Crippen LogP contribution is -2.15. The molecular formula is C15H22N2O. The first kappa shape index (κ1) is 13.1. The Kier molecular flexibility index (Phi) is 4.37. The number of carbonyl (C=O) groups is 1. The largest absolute Gasteiger partial charge is 0.326 e. The summed E-state index contributed by atoms with van der Waals surface area (Å²) in [6, 6.07) is 6.02. The van der Waals surface area contributed by atoms with Gasteiger partial charge in [-0.15, -0.1) is 0 Å². The van der Waals surface area contributed by atoms with Gasteiger partial charge >= 0.3 is 0 Å². The molecule has 98 valence electrons. The highest BCUT2D eigenvalue weighted by atomic mass is 16.1. The van der Waals surface area contributed by atoms with E-state index in [0.717, 1.165) is 30.8 Å². The van der Waals surface area contributed by atoms with Crippen molar-refractivity contribution in [3.63, 3.8) is 0 Å². The second-order valence-electron chi connectivity index (χ2n) is 5.19. The van der Waals surface area contributed by atoms with E-state index in [-0.39, 0.29) is 5.91 Å². The Balaban J connectivity index is 1.84. The van der Waals surface area contributed by atoms with Gasteiger partial charge in [0, 0.05) is 12.1 Å². The Bertz CT molecular complexity index is 423. The Morgan fingerprint density at radius 1 is 1.44 bits per heavy atom. The molecule has 0 aromatic heterocycles. The maximum atomic E-state index is 11.9. The fourth-order valence-corrected chi connectivity index (χ4v) is 2.40. The van der Waals surface area contributed by atoms with E-state index in [1.54, 1.807) is 0 Å². The molecule has 1 aromatic carbocycles. The number of hydrogen-bond acceptors (Lipinski definition) is 2. The molecule has 1 fully saturated rings. The molecule has 18 heavy (non-hydrogen) atoms. The minimum atomic E-state index is 0.135. The van der Waals surface area contributed by atoms with E-state index >= 15 is 0 Å². The molecule has 3 nitrogen and oxygen atoms in total. The zero-order valence-electron chi connectivity index (χ0n) is 11.3. The molecule has 0 spiro atoms. The van der Waals surface area contributed by atoms with E-state index < -0.39 is 0 Å². The molecule has 1 unspecified atom stereocenters. The van der Waals surface area contributed by atoms with Crippen LogP contribution in [0.2, 0.25) is 0 Å². The van der Waals surface area contributed by atoms with Crippen molar-refractivity contribution in [2.45, 2.75) is 33.1 Å². The van der Waals surface area contributed by atoms with Crippen molar-refractivity contribution in [2.24, 2.45) is 5.92 Å². The summed E-state index contributed by atoms with van der Waals surface area (Å²) in [5.41, 5.74) is 3.32. The average molecular weight is 246 g/mol. The number of amides is 1. The van der Waals surface area contributed by atoms with E-state index in [0.29, 0.717) is 12.3 Å². The van der Waals surface area contributed by atoms with Crippen LogP contribution in [0.25, 0.3) is 0 Å². The van der Waals surface area contributed by atoms with Crippen LogP contribution in [0.1, 0.15) is 30.4 Å². The minimum Gasteiger partial charge on any atom is -0.326 e. The lowest BCUT2D eigenvalue weighted by molar-refractivity contribution is -0.116. The van der Waals surface area contributed by atoms with E-state index in [1.165, 1.54) is 12.0 Å². The SMILES string of the molecule is Cc1cccc(NC(=O)CCC2CCNC2)c1C. The van der Waals surface area contributed by atoms with Gasteiger partial charge < -0.3 is 10.6 Å². The average Bonchev–Trinajstić information content (AvgIpc) is 2.86. The predicted molar refractivity (Wildman–Crippen MR) is 74.8 cm³/mol. The molecule has 1 amide bonds. The van der Waals surface area contributed by atoms with Crippen molar-refractivity contribution in [1.82, 2.24) is 5.32 Å². The summed E-state index contributed by atoms with van der Waals surface area (Å²) in [6.07, 6.45) is 2.82. The molecule has 1 aliphatic rings. The van der Waals surface area contributed by atoms with Crippen LogP contribution in [0.15, 0.2) is 18.2 Å². The van der Waals surface area contributed by atoms with Crippen molar-refractivity contribution in [2.75, 3.05) is 18.4 Å². The third kappa shape index (κ3) is 3.33. The van der Waals surface area contributed by atoms with Crippen molar-refractivity contribution in [3.05, 3.63) is 29.3 Å². The minimum absolute atomic E-state index is 0.135. The Morgan fingerprint density at radius 3 is 3.00 bits per heavy atom. The zero-order chi connectivity index (χ0) is 13.0. The molecule has 1 atom stereocenters. The summed E-state index contributed by atoms with van der Waals surface area (Å²) in [7, 11) is 0. The molecule has 2 N–H and O–H groups in total. The molecule has 1 aliphatic heterocycles. The highest BCUT2D eigenvalue weighted by Crippen LogP contribution is 2.19. The third-order valence-corrected chi connectivity index (χ3v) is 3.82. The summed E-state index contributed by atoms with van der Waals surface area (Å²) in [5, 5.41) is 6.35. The molecule has 1 saturated heterocycles. The summed E-state index contributed by atoms with van der Waals surface area (Å²) >= 11 is 0. The number of aryl methyl sites for hydroxylation is 1. The topological polar surface area (TPSA) is 41.1 Å². The van der Waals surface area contributed by atoms with Crippen LogP contribution in [0.5, 0.6) is 0 Å². The van der Waals surface area contributed by atoms with Crippen LogP contribution >= 0.6 is 0 Å². The van der Waals surface area contributed by atoms with Crippen molar-refractivity contribution in [1.29, 1.82) is 0 Å². The highest BCUT2D eigenvalue weighted by molar-refractivity contribution is 5.91. The first-order valence-corrected chi connectivity index (χ1v) is 6.73. The summed E-state index contributed by atoms with van der Waals surface area (Å²) in [4.78, 5) is 11.9. The molecule has 0 bridgehead atoms. The van der Waals surface area contributed by atoms with Gasteiger partial charge in [-0.05, 0) is 62.9 Å². The summed E-state index contributed by atoms with van der Waals surface area (Å²) < 4.78 is 0. The number of hydrogen-bond donors (Lipinski definition) is 2. The maximum absolute atomic E-state index is 11.9. The van der Waals surface area contributed by atoms with Gasteiger partial charge in [-0.25, -0.2) is 0 Å². The van der Waals surface area contributed by atoms with Crippen LogP contribution in [0, 0.1) is 19.8 Å².